The van der Waals surface area contributed by atoms with Crippen molar-refractivity contribution in [3.63, 3.8) is 0 Å². The van der Waals surface area contributed by atoms with Gasteiger partial charge in [-0.05, 0) is 31.0 Å². The van der Waals surface area contributed by atoms with Crippen molar-refractivity contribution in [1.82, 2.24) is 19.3 Å². The van der Waals surface area contributed by atoms with Gasteiger partial charge in [0, 0.05) is 19.3 Å². The highest BCUT2D eigenvalue weighted by Gasteiger charge is 2.17. The Morgan fingerprint density at radius 3 is 2.74 bits per heavy atom. The monoisotopic (exact) mass is 367 g/mol. The number of hydrogen-bond donors (Lipinski definition) is 2. The summed E-state index contributed by atoms with van der Waals surface area (Å²) in [6, 6.07) is 6.86. The largest absolute Gasteiger partial charge is 0.352 e. The van der Waals surface area contributed by atoms with Crippen LogP contribution in [0.4, 0.5) is 0 Å². The Morgan fingerprint density at radius 1 is 1.22 bits per heavy atom. The van der Waals surface area contributed by atoms with Crippen LogP contribution in [0.2, 0.25) is 0 Å². The molecular weight excluding hydrogens is 342 g/mol. The fourth-order valence-corrected chi connectivity index (χ4v) is 3.07. The van der Waals surface area contributed by atoms with Crippen molar-refractivity contribution < 1.29 is 4.79 Å². The predicted molar refractivity (Wildman–Crippen MR) is 105 cm³/mol. The number of pyridine rings is 2. The first-order valence-corrected chi connectivity index (χ1v) is 9.46. The minimum atomic E-state index is -0.321. The van der Waals surface area contributed by atoms with E-state index < -0.39 is 0 Å². The molecule has 2 N–H and O–H groups in total. The molecule has 0 aliphatic carbocycles. The van der Waals surface area contributed by atoms with Gasteiger partial charge in [-0.3, -0.25) is 19.4 Å². The average molecular weight is 367 g/mol. The van der Waals surface area contributed by atoms with E-state index in [9.17, 15) is 9.59 Å². The van der Waals surface area contributed by atoms with E-state index in [0.717, 1.165) is 25.7 Å². The molecular formula is C20H25N5O2. The molecule has 142 valence electrons. The molecule has 0 bridgehead atoms. The summed E-state index contributed by atoms with van der Waals surface area (Å²) >= 11 is 0. The number of unbranched alkanes of at least 4 members (excludes halogenated alkanes) is 2. The first-order valence-electron chi connectivity index (χ1n) is 9.46. The van der Waals surface area contributed by atoms with Crippen LogP contribution < -0.4 is 16.4 Å². The number of carbonyl (C=O) groups is 1. The van der Waals surface area contributed by atoms with E-state index in [1.165, 1.54) is 10.5 Å². The number of nitrogens with zero attached hydrogens (tertiary/aromatic N) is 3. The molecule has 0 atom stereocenters. The van der Waals surface area contributed by atoms with Crippen molar-refractivity contribution in [3.8, 4) is 0 Å². The number of hydrogen-bond acceptors (Lipinski definition) is 4. The van der Waals surface area contributed by atoms with Crippen LogP contribution in [0.5, 0.6) is 0 Å². The Bertz CT molecular complexity index is 1100. The van der Waals surface area contributed by atoms with E-state index in [0.29, 0.717) is 29.8 Å². The molecule has 3 aromatic heterocycles. The van der Waals surface area contributed by atoms with Crippen LogP contribution in [0.1, 0.15) is 49.9 Å². The first kappa shape index (κ1) is 18.8. The molecule has 0 saturated heterocycles. The molecule has 1 amide bonds. The number of amides is 1. The molecule has 0 fully saturated rings. The summed E-state index contributed by atoms with van der Waals surface area (Å²) < 4.78 is 3.15. The molecule has 7 heteroatoms. The van der Waals surface area contributed by atoms with Crippen LogP contribution in [0.3, 0.4) is 0 Å². The third-order valence-electron chi connectivity index (χ3n) is 4.61. The lowest BCUT2D eigenvalue weighted by Crippen LogP contribution is -2.35. The van der Waals surface area contributed by atoms with Crippen LogP contribution in [-0.4, -0.2) is 26.4 Å². The van der Waals surface area contributed by atoms with Crippen LogP contribution in [-0.2, 0) is 6.54 Å². The summed E-state index contributed by atoms with van der Waals surface area (Å²) in [5.41, 5.74) is 1.06. The molecule has 3 aromatic rings. The minimum absolute atomic E-state index is 0.0946. The topological polar surface area (TPSA) is 92.2 Å². The van der Waals surface area contributed by atoms with Gasteiger partial charge in [-0.15, -0.1) is 0 Å². The van der Waals surface area contributed by atoms with Gasteiger partial charge >= 0.3 is 0 Å². The van der Waals surface area contributed by atoms with Gasteiger partial charge in [-0.25, -0.2) is 4.98 Å². The predicted octanol–water partition coefficient (Wildman–Crippen LogP) is 2.46. The van der Waals surface area contributed by atoms with Crippen molar-refractivity contribution >= 4 is 22.6 Å². The van der Waals surface area contributed by atoms with Gasteiger partial charge < -0.3 is 9.88 Å². The molecule has 7 nitrogen and oxygen atoms in total. The number of aryl methyl sites for hydroxylation is 1. The summed E-state index contributed by atoms with van der Waals surface area (Å²) in [6.45, 7) is 5.20. The second-order valence-electron chi connectivity index (χ2n) is 6.60. The highest BCUT2D eigenvalue weighted by atomic mass is 16.1. The highest BCUT2D eigenvalue weighted by molar-refractivity contribution is 5.96. The van der Waals surface area contributed by atoms with E-state index in [2.05, 4.69) is 24.1 Å². The normalized spacial score (nSPS) is 11.2. The fraction of sp³-hybridized carbons (Fsp3) is 0.400. The Hall–Kier alpha value is -2.96. The molecule has 3 rings (SSSR count). The van der Waals surface area contributed by atoms with Crippen LogP contribution in [0, 0.1) is 5.41 Å². The number of carbonyl (C=O) groups excluding carboxylic acids is 1. The summed E-state index contributed by atoms with van der Waals surface area (Å²) in [7, 11) is 0. The van der Waals surface area contributed by atoms with E-state index in [4.69, 9.17) is 5.41 Å². The molecule has 0 aliphatic heterocycles. The Balaban J connectivity index is 2.25. The number of fused-ring (bicyclic) bond motifs is 2. The van der Waals surface area contributed by atoms with Crippen molar-refractivity contribution in [3.05, 3.63) is 51.9 Å². The Kier molecular flexibility index (Phi) is 5.69. The van der Waals surface area contributed by atoms with E-state index >= 15 is 0 Å². The summed E-state index contributed by atoms with van der Waals surface area (Å²) in [5, 5.41) is 11.7. The van der Waals surface area contributed by atoms with Gasteiger partial charge in [0.05, 0.1) is 10.9 Å². The number of nitrogens with one attached hydrogen (secondary N) is 2. The maximum absolute atomic E-state index is 13.0. The van der Waals surface area contributed by atoms with Crippen LogP contribution >= 0.6 is 0 Å². The lowest BCUT2D eigenvalue weighted by Gasteiger charge is -2.14. The molecule has 0 saturated carbocycles. The second kappa shape index (κ2) is 8.16. The van der Waals surface area contributed by atoms with Gasteiger partial charge in [-0.2, -0.15) is 0 Å². The molecule has 3 heterocycles. The van der Waals surface area contributed by atoms with Crippen molar-refractivity contribution in [2.45, 2.75) is 46.1 Å². The maximum Gasteiger partial charge on any atom is 0.267 e. The summed E-state index contributed by atoms with van der Waals surface area (Å²) in [6.07, 6.45) is 5.28. The molecule has 0 aromatic carbocycles. The zero-order valence-corrected chi connectivity index (χ0v) is 15.8. The highest BCUT2D eigenvalue weighted by Crippen LogP contribution is 2.11. The van der Waals surface area contributed by atoms with E-state index in [1.54, 1.807) is 22.9 Å². The van der Waals surface area contributed by atoms with Crippen LogP contribution in [0.25, 0.3) is 16.7 Å². The van der Waals surface area contributed by atoms with Crippen molar-refractivity contribution in [2.75, 3.05) is 6.54 Å². The zero-order chi connectivity index (χ0) is 19.4. The van der Waals surface area contributed by atoms with E-state index in [1.807, 2.05) is 6.07 Å². The molecule has 0 radical (unpaired) electrons. The maximum atomic E-state index is 13.0. The third-order valence-corrected chi connectivity index (χ3v) is 4.61. The quantitative estimate of drug-likeness (QED) is 0.496. The fourth-order valence-electron chi connectivity index (χ4n) is 3.07. The van der Waals surface area contributed by atoms with Crippen molar-refractivity contribution in [2.24, 2.45) is 0 Å². The zero-order valence-electron chi connectivity index (χ0n) is 15.8. The SMILES string of the molecule is CCCCNC(=O)c1cc2c(=O)n3ccccc3nc2n(CCCC)c1=N. The minimum Gasteiger partial charge on any atom is -0.352 e. The molecule has 0 aliphatic rings. The van der Waals surface area contributed by atoms with Crippen molar-refractivity contribution in [1.29, 1.82) is 5.41 Å². The molecule has 0 unspecified atom stereocenters. The standard InChI is InChI=1S/C20H25N5O2/c1-3-5-10-22-19(26)14-13-15-18(25(17(14)21)11-6-4-2)23-16-9-7-8-12-24(16)20(15)27/h7-9,12-13,21H,3-6,10-11H2,1-2H3,(H,22,26). The lowest BCUT2D eigenvalue weighted by atomic mass is 10.2. The summed E-state index contributed by atoms with van der Waals surface area (Å²) in [5.74, 6) is -0.321. The smallest absolute Gasteiger partial charge is 0.267 e. The third kappa shape index (κ3) is 3.63. The first-order chi connectivity index (χ1) is 13.1. The van der Waals surface area contributed by atoms with Gasteiger partial charge in [-0.1, -0.05) is 32.8 Å². The van der Waals surface area contributed by atoms with Gasteiger partial charge in [0.25, 0.3) is 11.5 Å². The second-order valence-corrected chi connectivity index (χ2v) is 6.60. The number of rotatable bonds is 7. The van der Waals surface area contributed by atoms with Gasteiger partial charge in [0.2, 0.25) is 0 Å². The Labute approximate surface area is 157 Å². The lowest BCUT2D eigenvalue weighted by molar-refractivity contribution is 0.0950. The van der Waals surface area contributed by atoms with Gasteiger partial charge in [0.15, 0.2) is 0 Å². The van der Waals surface area contributed by atoms with Crippen LogP contribution in [0.15, 0.2) is 35.3 Å². The van der Waals surface area contributed by atoms with E-state index in [-0.39, 0.29) is 22.5 Å². The number of aromatic nitrogens is 3. The summed E-state index contributed by atoms with van der Waals surface area (Å²) in [4.78, 5) is 30.2. The average Bonchev–Trinajstić information content (AvgIpc) is 2.67. The Morgan fingerprint density at radius 2 is 2.00 bits per heavy atom. The molecule has 0 spiro atoms. The van der Waals surface area contributed by atoms with Gasteiger partial charge in [0.1, 0.15) is 16.8 Å². The molecule has 27 heavy (non-hydrogen) atoms.